The van der Waals surface area contributed by atoms with Crippen molar-refractivity contribution in [2.24, 2.45) is 0 Å². The number of amides is 1. The first-order valence-electron chi connectivity index (χ1n) is 3.98. The number of carbonyl (C=O) groups is 1. The number of piperidine rings is 1. The van der Waals surface area contributed by atoms with Crippen LogP contribution < -0.4 is 10.6 Å². The van der Waals surface area contributed by atoms with Crippen LogP contribution >= 0.6 is 0 Å². The fourth-order valence-electron chi connectivity index (χ4n) is 1.60. The maximum Gasteiger partial charge on any atom is 0.246 e. The summed E-state index contributed by atoms with van der Waals surface area (Å²) in [6.07, 6.45) is 1.18. The van der Waals surface area contributed by atoms with Crippen LogP contribution in [0.3, 0.4) is 0 Å². The van der Waals surface area contributed by atoms with Crippen molar-refractivity contribution in [3.8, 4) is 0 Å². The van der Waals surface area contributed by atoms with Gasteiger partial charge < -0.3 is 15.4 Å². The van der Waals surface area contributed by atoms with Crippen LogP contribution in [0, 0.1) is 0 Å². The van der Waals surface area contributed by atoms with Gasteiger partial charge in [-0.15, -0.1) is 0 Å². The van der Waals surface area contributed by atoms with E-state index in [2.05, 4.69) is 10.6 Å². The minimum absolute atomic E-state index is 0.0214. The van der Waals surface area contributed by atoms with Gasteiger partial charge >= 0.3 is 0 Å². The van der Waals surface area contributed by atoms with E-state index in [1.165, 1.54) is 0 Å². The average Bonchev–Trinajstić information content (AvgIpc) is 2.04. The van der Waals surface area contributed by atoms with Crippen molar-refractivity contribution in [2.45, 2.75) is 18.6 Å². The van der Waals surface area contributed by atoms with E-state index < -0.39 is 0 Å². The summed E-state index contributed by atoms with van der Waals surface area (Å²) in [4.78, 5) is 10.9. The van der Waals surface area contributed by atoms with Crippen LogP contribution in [0.5, 0.6) is 0 Å². The van der Waals surface area contributed by atoms with Crippen LogP contribution in [0.15, 0.2) is 0 Å². The molecule has 4 nitrogen and oxygen atoms in total. The molecule has 62 valence electrons. The molecule has 2 saturated heterocycles. The number of fused-ring (bicyclic) bond motifs is 1. The first-order chi connectivity index (χ1) is 5.36. The Balaban J connectivity index is 1.98. The highest BCUT2D eigenvalue weighted by Crippen LogP contribution is 2.10. The van der Waals surface area contributed by atoms with E-state index in [0.717, 1.165) is 19.5 Å². The standard InChI is InChI=1S/C7H12N2O2/c10-7-4-11-6-3-8-2-1-5(6)9-7/h5-6,8H,1-4H2,(H,9,10)/t5?,6-/m0/s1. The molecular formula is C7H12N2O2. The summed E-state index contributed by atoms with van der Waals surface area (Å²) in [5, 5.41) is 6.14. The molecule has 0 aliphatic carbocycles. The highest BCUT2D eigenvalue weighted by atomic mass is 16.5. The third kappa shape index (κ3) is 1.36. The number of hydrogen-bond donors (Lipinski definition) is 2. The summed E-state index contributed by atoms with van der Waals surface area (Å²) < 4.78 is 5.32. The zero-order valence-electron chi connectivity index (χ0n) is 6.30. The van der Waals surface area contributed by atoms with Crippen molar-refractivity contribution in [3.05, 3.63) is 0 Å². The lowest BCUT2D eigenvalue weighted by Gasteiger charge is -2.35. The van der Waals surface area contributed by atoms with Gasteiger partial charge in [-0.25, -0.2) is 0 Å². The maximum absolute atomic E-state index is 10.9. The first kappa shape index (κ1) is 7.06. The molecule has 2 N–H and O–H groups in total. The average molecular weight is 156 g/mol. The largest absolute Gasteiger partial charge is 0.365 e. The van der Waals surface area contributed by atoms with E-state index in [0.29, 0.717) is 0 Å². The summed E-state index contributed by atoms with van der Waals surface area (Å²) in [6, 6.07) is 0.248. The Labute approximate surface area is 65.3 Å². The molecule has 2 atom stereocenters. The summed E-state index contributed by atoms with van der Waals surface area (Å²) in [5.41, 5.74) is 0. The van der Waals surface area contributed by atoms with Crippen LogP contribution in [-0.4, -0.2) is 37.7 Å². The molecule has 11 heavy (non-hydrogen) atoms. The SMILES string of the molecule is O=C1CO[C@H]2CNCCC2N1. The van der Waals surface area contributed by atoms with E-state index in [1.54, 1.807) is 0 Å². The molecule has 4 heteroatoms. The Morgan fingerprint density at radius 2 is 2.45 bits per heavy atom. The maximum atomic E-state index is 10.9. The van der Waals surface area contributed by atoms with Gasteiger partial charge in [0.15, 0.2) is 0 Å². The third-order valence-corrected chi connectivity index (χ3v) is 2.20. The zero-order chi connectivity index (χ0) is 7.68. The highest BCUT2D eigenvalue weighted by molar-refractivity contribution is 5.78. The molecule has 2 fully saturated rings. The molecule has 2 aliphatic heterocycles. The molecule has 0 bridgehead atoms. The summed E-state index contributed by atoms with van der Waals surface area (Å²) in [6.45, 7) is 2.07. The fourth-order valence-corrected chi connectivity index (χ4v) is 1.60. The molecule has 0 saturated carbocycles. The Morgan fingerprint density at radius 1 is 1.55 bits per heavy atom. The van der Waals surface area contributed by atoms with E-state index in [4.69, 9.17) is 4.74 Å². The predicted octanol–water partition coefficient (Wildman–Crippen LogP) is -1.14. The van der Waals surface area contributed by atoms with Crippen molar-refractivity contribution in [2.75, 3.05) is 19.7 Å². The Hall–Kier alpha value is -0.610. The van der Waals surface area contributed by atoms with E-state index in [9.17, 15) is 4.79 Å². The van der Waals surface area contributed by atoms with E-state index >= 15 is 0 Å². The smallest absolute Gasteiger partial charge is 0.246 e. The lowest BCUT2D eigenvalue weighted by Crippen LogP contribution is -2.58. The third-order valence-electron chi connectivity index (χ3n) is 2.20. The molecule has 0 aromatic carbocycles. The second-order valence-corrected chi connectivity index (χ2v) is 3.02. The number of carbonyl (C=O) groups excluding carboxylic acids is 1. The molecule has 0 aromatic heterocycles. The Morgan fingerprint density at radius 3 is 3.36 bits per heavy atom. The van der Waals surface area contributed by atoms with Gasteiger partial charge in [-0.3, -0.25) is 4.79 Å². The number of hydrogen-bond acceptors (Lipinski definition) is 3. The highest BCUT2D eigenvalue weighted by Gasteiger charge is 2.31. The number of nitrogens with one attached hydrogen (secondary N) is 2. The molecule has 0 aromatic rings. The molecule has 2 rings (SSSR count). The van der Waals surface area contributed by atoms with Crippen LogP contribution in [-0.2, 0) is 9.53 Å². The van der Waals surface area contributed by atoms with Crippen LogP contribution in [0.4, 0.5) is 0 Å². The molecule has 0 spiro atoms. The molecule has 2 aliphatic rings. The van der Waals surface area contributed by atoms with Gasteiger partial charge in [0.2, 0.25) is 5.91 Å². The number of ether oxygens (including phenoxy) is 1. The monoisotopic (exact) mass is 156 g/mol. The van der Waals surface area contributed by atoms with Gasteiger partial charge in [0, 0.05) is 6.54 Å². The van der Waals surface area contributed by atoms with Gasteiger partial charge in [-0.2, -0.15) is 0 Å². The second kappa shape index (κ2) is 2.79. The number of rotatable bonds is 0. The van der Waals surface area contributed by atoms with Crippen LogP contribution in [0.25, 0.3) is 0 Å². The summed E-state index contributed by atoms with van der Waals surface area (Å²) in [7, 11) is 0. The summed E-state index contributed by atoms with van der Waals surface area (Å²) >= 11 is 0. The molecular weight excluding hydrogens is 144 g/mol. The minimum atomic E-state index is 0.0214. The lowest BCUT2D eigenvalue weighted by atomic mass is 10.0. The van der Waals surface area contributed by atoms with Crippen molar-refractivity contribution in [3.63, 3.8) is 0 Å². The van der Waals surface area contributed by atoms with Gasteiger partial charge in [0.25, 0.3) is 0 Å². The first-order valence-corrected chi connectivity index (χ1v) is 3.98. The van der Waals surface area contributed by atoms with Gasteiger partial charge in [-0.1, -0.05) is 0 Å². The van der Waals surface area contributed by atoms with E-state index in [-0.39, 0.29) is 24.7 Å². The van der Waals surface area contributed by atoms with Crippen molar-refractivity contribution in [1.29, 1.82) is 0 Å². The Bertz CT molecular complexity index is 172. The van der Waals surface area contributed by atoms with E-state index in [1.807, 2.05) is 0 Å². The lowest BCUT2D eigenvalue weighted by molar-refractivity contribution is -0.137. The number of morpholine rings is 1. The Kier molecular flexibility index (Phi) is 1.79. The van der Waals surface area contributed by atoms with Crippen molar-refractivity contribution < 1.29 is 9.53 Å². The van der Waals surface area contributed by atoms with Gasteiger partial charge in [0.1, 0.15) is 6.61 Å². The molecule has 0 radical (unpaired) electrons. The van der Waals surface area contributed by atoms with Crippen LogP contribution in [0.1, 0.15) is 6.42 Å². The minimum Gasteiger partial charge on any atom is -0.365 e. The zero-order valence-corrected chi connectivity index (χ0v) is 6.30. The second-order valence-electron chi connectivity index (χ2n) is 3.02. The fraction of sp³-hybridized carbons (Fsp3) is 0.857. The summed E-state index contributed by atoms with van der Waals surface area (Å²) in [5.74, 6) is 0.0214. The van der Waals surface area contributed by atoms with Gasteiger partial charge in [0.05, 0.1) is 12.1 Å². The normalized spacial score (nSPS) is 37.6. The van der Waals surface area contributed by atoms with Gasteiger partial charge in [-0.05, 0) is 13.0 Å². The van der Waals surface area contributed by atoms with Crippen molar-refractivity contribution in [1.82, 2.24) is 10.6 Å². The topological polar surface area (TPSA) is 50.4 Å². The predicted molar refractivity (Wildman–Crippen MR) is 39.2 cm³/mol. The van der Waals surface area contributed by atoms with Crippen molar-refractivity contribution >= 4 is 5.91 Å². The van der Waals surface area contributed by atoms with Crippen LogP contribution in [0.2, 0.25) is 0 Å². The quantitative estimate of drug-likeness (QED) is 0.466. The molecule has 2 heterocycles. The molecule has 1 unspecified atom stereocenters. The molecule has 1 amide bonds.